The zero-order valence-corrected chi connectivity index (χ0v) is 25.6. The first-order valence-electron chi connectivity index (χ1n) is 0. The van der Waals surface area contributed by atoms with Gasteiger partial charge < -0.3 is 153 Å². The van der Waals surface area contributed by atoms with Crippen molar-refractivity contribution in [1.82, 2.24) is 0 Å². The van der Waals surface area contributed by atoms with Crippen LogP contribution >= 0.6 is 0 Å². The molecule has 0 heterocycles. The Bertz CT molecular complexity index is 24.2. The van der Waals surface area contributed by atoms with Crippen LogP contribution in [0.5, 0.6) is 0 Å². The van der Waals surface area contributed by atoms with Crippen LogP contribution in [-0.4, -0.2) is 59.1 Å². The largest absolute Gasteiger partial charge is 3.00 e. The van der Waals surface area contributed by atoms with E-state index in [4.69, 9.17) is 0 Å². The van der Waals surface area contributed by atoms with Gasteiger partial charge in [-0.1, -0.05) is 0 Å². The number of halogens is 5. The molecule has 0 rings (SSSR count). The molecule has 0 aromatic heterocycles. The molecule has 0 amide bonds. The zero-order chi connectivity index (χ0) is 0. The molecule has 0 saturated heterocycles. The molecular formula is H12BiI5Na2O6. The quantitative estimate of drug-likeness (QED) is 0.165. The summed E-state index contributed by atoms with van der Waals surface area (Å²) in [7, 11) is 0. The molecule has 6 nitrogen and oxygen atoms in total. The number of hydrogen-bond donors (Lipinski definition) is 0. The maximum absolute atomic E-state index is 0. The Labute approximate surface area is 232 Å². The topological polar surface area (TPSA) is 189 Å². The molecule has 0 aromatic carbocycles. The number of rotatable bonds is 0. The molecular weight excluding hydrogens is 985 g/mol. The minimum atomic E-state index is 0. The van der Waals surface area contributed by atoms with Gasteiger partial charge in [-0.15, -0.1) is 0 Å². The van der Waals surface area contributed by atoms with E-state index in [2.05, 4.69) is 0 Å². The van der Waals surface area contributed by atoms with E-state index in [1.54, 1.807) is 0 Å². The first-order chi connectivity index (χ1) is 0. The molecule has 0 aliphatic carbocycles. The van der Waals surface area contributed by atoms with Crippen molar-refractivity contribution in [1.29, 1.82) is 0 Å². The van der Waals surface area contributed by atoms with Crippen LogP contribution in [0.25, 0.3) is 0 Å². The van der Waals surface area contributed by atoms with Gasteiger partial charge in [-0.25, -0.2) is 0 Å². The first-order valence-corrected chi connectivity index (χ1v) is 0. The SMILES string of the molecule is O.O.O.O.O.O.[Bi+3].[I-].[I-].[I-].[I-].[I-].[Na+].[Na+]. The van der Waals surface area contributed by atoms with Gasteiger partial charge in [0, 0.05) is 0 Å². The van der Waals surface area contributed by atoms with Crippen molar-refractivity contribution in [2.45, 2.75) is 0 Å². The van der Waals surface area contributed by atoms with Crippen LogP contribution in [0, 0.1) is 0 Å². The second kappa shape index (κ2) is 163. The van der Waals surface area contributed by atoms with Gasteiger partial charge in [0.2, 0.25) is 0 Å². The van der Waals surface area contributed by atoms with Gasteiger partial charge in [-0.3, -0.25) is 0 Å². The molecule has 14 heteroatoms. The van der Waals surface area contributed by atoms with Crippen molar-refractivity contribution >= 4 is 26.2 Å². The van der Waals surface area contributed by atoms with Crippen molar-refractivity contribution in [3.05, 3.63) is 0 Å². The smallest absolute Gasteiger partial charge is 1.00 e. The molecule has 0 atom stereocenters. The summed E-state index contributed by atoms with van der Waals surface area (Å²) in [5.74, 6) is 0. The summed E-state index contributed by atoms with van der Waals surface area (Å²) in [6.45, 7) is 0. The summed E-state index contributed by atoms with van der Waals surface area (Å²) in [5.41, 5.74) is 0. The van der Waals surface area contributed by atoms with Crippen LogP contribution in [0.15, 0.2) is 0 Å². The maximum atomic E-state index is 0. The molecule has 0 aliphatic rings. The van der Waals surface area contributed by atoms with E-state index >= 15 is 0 Å². The van der Waals surface area contributed by atoms with Crippen molar-refractivity contribution in [2.75, 3.05) is 0 Å². The fourth-order valence-corrected chi connectivity index (χ4v) is 0. The van der Waals surface area contributed by atoms with Crippen LogP contribution in [0.3, 0.4) is 0 Å². The third kappa shape index (κ3) is 138. The van der Waals surface area contributed by atoms with Gasteiger partial charge in [0.25, 0.3) is 0 Å². The predicted octanol–water partition coefficient (Wildman–Crippen LogP) is -26.3. The molecule has 0 bridgehead atoms. The Morgan fingerprint density at radius 3 is 0.286 bits per heavy atom. The van der Waals surface area contributed by atoms with Gasteiger partial charge >= 0.3 is 85.3 Å². The third-order valence-electron chi connectivity index (χ3n) is 0. The van der Waals surface area contributed by atoms with Crippen LogP contribution < -0.4 is 179 Å². The van der Waals surface area contributed by atoms with Gasteiger partial charge in [-0.2, -0.15) is 0 Å². The average Bonchev–Trinajstić information content (AvgIpc) is 0. The monoisotopic (exact) mass is 998 g/mol. The van der Waals surface area contributed by atoms with Crippen molar-refractivity contribution in [2.24, 2.45) is 0 Å². The fraction of sp³-hybridized carbons (Fsp3) is 0. The molecule has 0 unspecified atom stereocenters. The van der Waals surface area contributed by atoms with E-state index in [0.29, 0.717) is 0 Å². The molecule has 0 spiro atoms. The Morgan fingerprint density at radius 2 is 0.286 bits per heavy atom. The Hall–Kier alpha value is 6.29. The Morgan fingerprint density at radius 1 is 0.286 bits per heavy atom. The Kier molecular flexibility index (Phi) is 2220. The molecule has 0 aliphatic heterocycles. The predicted molar refractivity (Wildman–Crippen MR) is 27.4 cm³/mol. The summed E-state index contributed by atoms with van der Waals surface area (Å²) in [4.78, 5) is 0. The normalized spacial score (nSPS) is 0. The van der Waals surface area contributed by atoms with E-state index in [1.165, 1.54) is 0 Å². The minimum absolute atomic E-state index is 0. The van der Waals surface area contributed by atoms with Crippen molar-refractivity contribution < 1.29 is 212 Å². The van der Waals surface area contributed by atoms with Gasteiger partial charge in [0.15, 0.2) is 0 Å². The van der Waals surface area contributed by atoms with Crippen molar-refractivity contribution in [3.63, 3.8) is 0 Å². The molecule has 90 valence electrons. The number of hydrogen-bond acceptors (Lipinski definition) is 0. The van der Waals surface area contributed by atoms with Crippen LogP contribution in [-0.2, 0) is 0 Å². The molecule has 0 aromatic rings. The van der Waals surface area contributed by atoms with Crippen LogP contribution in [0.2, 0.25) is 0 Å². The maximum Gasteiger partial charge on any atom is 3.00 e. The van der Waals surface area contributed by atoms with Gasteiger partial charge in [0.05, 0.1) is 0 Å². The molecule has 12 N–H and O–H groups in total. The molecule has 0 fully saturated rings. The van der Waals surface area contributed by atoms with E-state index in [0.717, 1.165) is 0 Å². The van der Waals surface area contributed by atoms with Gasteiger partial charge in [-0.05, 0) is 0 Å². The summed E-state index contributed by atoms with van der Waals surface area (Å²) in [6.07, 6.45) is 0. The standard InChI is InChI=1S/Bi.5HI.2Na.6H2O/h;5*1H;;;6*1H2/q+3;;;;;;2*+1;;;;;;/p-5. The van der Waals surface area contributed by atoms with Crippen LogP contribution in [0.1, 0.15) is 0 Å². The summed E-state index contributed by atoms with van der Waals surface area (Å²) in [6, 6.07) is 0. The van der Waals surface area contributed by atoms with Gasteiger partial charge in [0.1, 0.15) is 0 Å². The summed E-state index contributed by atoms with van der Waals surface area (Å²) in [5, 5.41) is 0. The summed E-state index contributed by atoms with van der Waals surface area (Å²) < 4.78 is 0. The first kappa shape index (κ1) is 191. The van der Waals surface area contributed by atoms with E-state index < -0.39 is 0 Å². The molecule has 0 saturated carbocycles. The van der Waals surface area contributed by atoms with Crippen molar-refractivity contribution in [3.8, 4) is 0 Å². The van der Waals surface area contributed by atoms with E-state index in [9.17, 15) is 0 Å². The van der Waals surface area contributed by atoms with E-state index in [1.807, 2.05) is 0 Å². The van der Waals surface area contributed by atoms with E-state index in [-0.39, 0.29) is 238 Å². The second-order valence-electron chi connectivity index (χ2n) is 0. The summed E-state index contributed by atoms with van der Waals surface area (Å²) >= 11 is 0. The zero-order valence-electron chi connectivity index (χ0n) is 7.34. The van der Waals surface area contributed by atoms with Crippen LogP contribution in [0.4, 0.5) is 0 Å². The molecule has 14 heavy (non-hydrogen) atoms. The fourth-order valence-electron chi connectivity index (χ4n) is 0. The third-order valence-corrected chi connectivity index (χ3v) is 0. The second-order valence-corrected chi connectivity index (χ2v) is 0. The molecule has 2 radical (unpaired) electrons. The Balaban J connectivity index is 0. The average molecular weight is 998 g/mol. The minimum Gasteiger partial charge on any atom is -1.00 e.